The molecule has 0 aromatic heterocycles. The molecule has 0 aliphatic rings. The molecule has 18 heavy (non-hydrogen) atoms. The second-order valence-electron chi connectivity index (χ2n) is 3.72. The summed E-state index contributed by atoms with van der Waals surface area (Å²) in [6, 6.07) is 8.80. The Balaban J connectivity index is 2.72. The SMILES string of the molecule is CCC(C(=N)C(=O)Nc1ccccc1)C(=O)OC. The molecule has 1 amide bonds. The van der Waals surface area contributed by atoms with Crippen molar-refractivity contribution in [3.8, 4) is 0 Å². The van der Waals surface area contributed by atoms with Crippen LogP contribution in [0.15, 0.2) is 30.3 Å². The summed E-state index contributed by atoms with van der Waals surface area (Å²) in [5, 5.41) is 10.3. The Morgan fingerprint density at radius 2 is 1.94 bits per heavy atom. The van der Waals surface area contributed by atoms with Crippen LogP contribution < -0.4 is 5.32 Å². The molecule has 0 aliphatic carbocycles. The lowest BCUT2D eigenvalue weighted by Gasteiger charge is -2.13. The van der Waals surface area contributed by atoms with Crippen molar-refractivity contribution >= 4 is 23.3 Å². The first-order valence-electron chi connectivity index (χ1n) is 5.62. The molecule has 1 unspecified atom stereocenters. The average molecular weight is 248 g/mol. The first-order chi connectivity index (χ1) is 8.60. The number of rotatable bonds is 5. The Kier molecular flexibility index (Phi) is 5.05. The standard InChI is InChI=1S/C13H16N2O3/c1-3-10(13(17)18-2)11(14)12(16)15-9-7-5-4-6-8-9/h4-8,10,14H,3H2,1-2H3,(H,15,16). The fourth-order valence-electron chi connectivity index (χ4n) is 1.51. The van der Waals surface area contributed by atoms with Crippen LogP contribution in [0.5, 0.6) is 0 Å². The molecule has 0 spiro atoms. The minimum absolute atomic E-state index is 0.284. The van der Waals surface area contributed by atoms with Crippen LogP contribution in [0.2, 0.25) is 0 Å². The number of esters is 1. The number of nitrogens with one attached hydrogen (secondary N) is 2. The molecule has 5 nitrogen and oxygen atoms in total. The monoisotopic (exact) mass is 248 g/mol. The van der Waals surface area contributed by atoms with Crippen LogP contribution in [0.3, 0.4) is 0 Å². The van der Waals surface area contributed by atoms with Gasteiger partial charge in [-0.1, -0.05) is 25.1 Å². The van der Waals surface area contributed by atoms with Crippen LogP contribution in [0.1, 0.15) is 13.3 Å². The first kappa shape index (κ1) is 13.9. The molecule has 1 atom stereocenters. The van der Waals surface area contributed by atoms with Gasteiger partial charge in [0.15, 0.2) is 0 Å². The van der Waals surface area contributed by atoms with Gasteiger partial charge in [-0.05, 0) is 18.6 Å². The first-order valence-corrected chi connectivity index (χ1v) is 5.62. The Morgan fingerprint density at radius 1 is 1.33 bits per heavy atom. The molecule has 0 bridgehead atoms. The highest BCUT2D eigenvalue weighted by atomic mass is 16.5. The molecule has 1 aromatic carbocycles. The summed E-state index contributed by atoms with van der Waals surface area (Å²) in [4.78, 5) is 23.2. The van der Waals surface area contributed by atoms with E-state index < -0.39 is 17.8 Å². The molecular weight excluding hydrogens is 232 g/mol. The van der Waals surface area contributed by atoms with Gasteiger partial charge in [-0.2, -0.15) is 0 Å². The van der Waals surface area contributed by atoms with Gasteiger partial charge in [-0.3, -0.25) is 15.0 Å². The van der Waals surface area contributed by atoms with E-state index in [1.54, 1.807) is 31.2 Å². The third-order valence-electron chi connectivity index (χ3n) is 2.52. The Hall–Kier alpha value is -2.17. The summed E-state index contributed by atoms with van der Waals surface area (Å²) in [5.74, 6) is -1.97. The van der Waals surface area contributed by atoms with Crippen LogP contribution in [0.25, 0.3) is 0 Å². The number of benzene rings is 1. The van der Waals surface area contributed by atoms with E-state index in [0.717, 1.165) is 0 Å². The predicted molar refractivity (Wildman–Crippen MR) is 68.6 cm³/mol. The van der Waals surface area contributed by atoms with Gasteiger partial charge in [-0.15, -0.1) is 0 Å². The lowest BCUT2D eigenvalue weighted by molar-refractivity contribution is -0.143. The number of hydrogen-bond donors (Lipinski definition) is 2. The van der Waals surface area contributed by atoms with E-state index in [9.17, 15) is 9.59 Å². The van der Waals surface area contributed by atoms with Crippen molar-refractivity contribution in [2.45, 2.75) is 13.3 Å². The van der Waals surface area contributed by atoms with Crippen molar-refractivity contribution in [1.29, 1.82) is 5.41 Å². The summed E-state index contributed by atoms with van der Waals surface area (Å²) >= 11 is 0. The number of methoxy groups -OCH3 is 1. The van der Waals surface area contributed by atoms with Crippen LogP contribution >= 0.6 is 0 Å². The Morgan fingerprint density at radius 3 is 2.44 bits per heavy atom. The van der Waals surface area contributed by atoms with Gasteiger partial charge in [-0.25, -0.2) is 0 Å². The Bertz CT molecular complexity index is 443. The largest absolute Gasteiger partial charge is 0.469 e. The molecule has 5 heteroatoms. The van der Waals surface area contributed by atoms with Gasteiger partial charge in [0.05, 0.1) is 7.11 Å². The summed E-state index contributed by atoms with van der Waals surface area (Å²) in [6.45, 7) is 1.73. The average Bonchev–Trinajstić information content (AvgIpc) is 2.40. The number of amides is 1. The maximum Gasteiger partial charge on any atom is 0.314 e. The molecule has 96 valence electrons. The third kappa shape index (κ3) is 3.41. The van der Waals surface area contributed by atoms with Crippen molar-refractivity contribution in [1.82, 2.24) is 0 Å². The van der Waals surface area contributed by atoms with Gasteiger partial charge in [0.1, 0.15) is 11.6 Å². The zero-order chi connectivity index (χ0) is 13.5. The summed E-state index contributed by atoms with van der Waals surface area (Å²) in [6.07, 6.45) is 0.355. The van der Waals surface area contributed by atoms with E-state index in [2.05, 4.69) is 10.1 Å². The molecule has 0 saturated heterocycles. The highest BCUT2D eigenvalue weighted by Gasteiger charge is 2.27. The lowest BCUT2D eigenvalue weighted by atomic mass is 10.00. The maximum absolute atomic E-state index is 11.8. The highest BCUT2D eigenvalue weighted by molar-refractivity contribution is 6.45. The van der Waals surface area contributed by atoms with E-state index in [-0.39, 0.29) is 5.71 Å². The van der Waals surface area contributed by atoms with Crippen molar-refractivity contribution < 1.29 is 14.3 Å². The number of hydrogen-bond acceptors (Lipinski definition) is 4. The second-order valence-corrected chi connectivity index (χ2v) is 3.72. The number of carbonyl (C=O) groups is 2. The molecule has 0 aliphatic heterocycles. The van der Waals surface area contributed by atoms with Crippen molar-refractivity contribution in [2.75, 3.05) is 12.4 Å². The molecular formula is C13H16N2O3. The van der Waals surface area contributed by atoms with Crippen molar-refractivity contribution in [3.05, 3.63) is 30.3 Å². The Labute approximate surface area is 106 Å². The fraction of sp³-hybridized carbons (Fsp3) is 0.308. The quantitative estimate of drug-likeness (QED) is 0.616. The number of ether oxygens (including phenoxy) is 1. The number of anilines is 1. The number of carbonyl (C=O) groups excluding carboxylic acids is 2. The van der Waals surface area contributed by atoms with Crippen molar-refractivity contribution in [3.63, 3.8) is 0 Å². The van der Waals surface area contributed by atoms with E-state index in [1.807, 2.05) is 6.07 Å². The van der Waals surface area contributed by atoms with Gasteiger partial charge in [0.2, 0.25) is 0 Å². The van der Waals surface area contributed by atoms with Gasteiger partial charge in [0.25, 0.3) is 5.91 Å². The topological polar surface area (TPSA) is 79.3 Å². The molecule has 1 aromatic rings. The van der Waals surface area contributed by atoms with Crippen LogP contribution in [0.4, 0.5) is 5.69 Å². The van der Waals surface area contributed by atoms with Gasteiger partial charge < -0.3 is 10.1 Å². The van der Waals surface area contributed by atoms with E-state index in [0.29, 0.717) is 12.1 Å². The molecule has 2 N–H and O–H groups in total. The number of para-hydroxylation sites is 1. The minimum Gasteiger partial charge on any atom is -0.469 e. The zero-order valence-corrected chi connectivity index (χ0v) is 10.4. The minimum atomic E-state index is -0.821. The van der Waals surface area contributed by atoms with Crippen LogP contribution in [0, 0.1) is 11.3 Å². The molecule has 1 rings (SSSR count). The van der Waals surface area contributed by atoms with Gasteiger partial charge in [0, 0.05) is 5.69 Å². The zero-order valence-electron chi connectivity index (χ0n) is 10.4. The van der Waals surface area contributed by atoms with Crippen LogP contribution in [-0.2, 0) is 14.3 Å². The van der Waals surface area contributed by atoms with E-state index in [1.165, 1.54) is 7.11 Å². The highest BCUT2D eigenvalue weighted by Crippen LogP contribution is 2.10. The molecule has 0 heterocycles. The summed E-state index contributed by atoms with van der Waals surface area (Å²) < 4.78 is 4.56. The van der Waals surface area contributed by atoms with E-state index >= 15 is 0 Å². The second kappa shape index (κ2) is 6.54. The third-order valence-corrected chi connectivity index (χ3v) is 2.52. The fourth-order valence-corrected chi connectivity index (χ4v) is 1.51. The van der Waals surface area contributed by atoms with Crippen LogP contribution in [-0.4, -0.2) is 24.7 Å². The lowest BCUT2D eigenvalue weighted by Crippen LogP contribution is -2.33. The molecule has 0 fully saturated rings. The summed E-state index contributed by atoms with van der Waals surface area (Å²) in [7, 11) is 1.24. The predicted octanol–water partition coefficient (Wildman–Crippen LogP) is 1.84. The van der Waals surface area contributed by atoms with Crippen molar-refractivity contribution in [2.24, 2.45) is 5.92 Å². The van der Waals surface area contributed by atoms with E-state index in [4.69, 9.17) is 5.41 Å². The maximum atomic E-state index is 11.8. The normalized spacial score (nSPS) is 11.4. The smallest absolute Gasteiger partial charge is 0.314 e. The molecule has 0 saturated carbocycles. The van der Waals surface area contributed by atoms with Gasteiger partial charge >= 0.3 is 5.97 Å². The molecule has 0 radical (unpaired) electrons. The summed E-state index contributed by atoms with van der Waals surface area (Å²) in [5.41, 5.74) is 0.306.